The molecular formula is C24H19N3O4S. The molecule has 0 radical (unpaired) electrons. The van der Waals surface area contributed by atoms with E-state index in [1.807, 2.05) is 49.4 Å². The third kappa shape index (κ3) is 4.13. The van der Waals surface area contributed by atoms with Gasteiger partial charge in [0.25, 0.3) is 5.91 Å². The van der Waals surface area contributed by atoms with Crippen LogP contribution >= 0.6 is 12.2 Å². The average molecular weight is 446 g/mol. The Morgan fingerprint density at radius 3 is 2.72 bits per heavy atom. The van der Waals surface area contributed by atoms with Crippen molar-refractivity contribution in [3.8, 4) is 23.0 Å². The molecule has 1 aromatic heterocycles. The highest BCUT2D eigenvalue weighted by Gasteiger charge is 2.16. The first kappa shape index (κ1) is 20.0. The Morgan fingerprint density at radius 1 is 1.00 bits per heavy atom. The molecule has 1 aliphatic heterocycles. The standard InChI is InChI=1S/C24H19N3O4S/c1-14-5-7-19-18(11-14)26-23(31-19)16-3-2-4-17(12-16)25-24(32)27-22(28)15-6-8-20-21(13-15)30-10-9-29-20/h2-8,11-13H,9-10H2,1H3,(H2,25,27,28,32). The van der Waals surface area contributed by atoms with Gasteiger partial charge in [-0.05, 0) is 73.2 Å². The first-order chi connectivity index (χ1) is 15.5. The van der Waals surface area contributed by atoms with Gasteiger partial charge in [-0.25, -0.2) is 4.98 Å². The molecular weight excluding hydrogens is 426 g/mol. The zero-order valence-corrected chi connectivity index (χ0v) is 18.0. The maximum absolute atomic E-state index is 12.6. The van der Waals surface area contributed by atoms with E-state index < -0.39 is 0 Å². The number of carbonyl (C=O) groups excluding carboxylic acids is 1. The van der Waals surface area contributed by atoms with Crippen LogP contribution in [-0.4, -0.2) is 29.2 Å². The van der Waals surface area contributed by atoms with E-state index in [4.69, 9.17) is 26.1 Å². The van der Waals surface area contributed by atoms with Crippen LogP contribution in [0.5, 0.6) is 11.5 Å². The molecule has 7 nitrogen and oxygen atoms in total. The molecule has 0 saturated carbocycles. The normalized spacial score (nSPS) is 12.4. The van der Waals surface area contributed by atoms with Crippen molar-refractivity contribution in [3.63, 3.8) is 0 Å². The molecule has 2 heterocycles. The summed E-state index contributed by atoms with van der Waals surface area (Å²) in [5.41, 5.74) is 4.57. The fourth-order valence-electron chi connectivity index (χ4n) is 3.41. The third-order valence-corrected chi connectivity index (χ3v) is 5.15. The first-order valence-corrected chi connectivity index (χ1v) is 10.5. The molecule has 160 valence electrons. The molecule has 1 aliphatic rings. The van der Waals surface area contributed by atoms with Gasteiger partial charge in [0.05, 0.1) is 0 Å². The molecule has 2 N–H and O–H groups in total. The number of fused-ring (bicyclic) bond motifs is 2. The summed E-state index contributed by atoms with van der Waals surface area (Å²) < 4.78 is 16.9. The van der Waals surface area contributed by atoms with Crippen LogP contribution in [0.2, 0.25) is 0 Å². The van der Waals surface area contributed by atoms with Crippen molar-refractivity contribution in [2.45, 2.75) is 6.92 Å². The number of hydrogen-bond donors (Lipinski definition) is 2. The second-order valence-electron chi connectivity index (χ2n) is 7.34. The summed E-state index contributed by atoms with van der Waals surface area (Å²) in [6, 6.07) is 18.4. The monoisotopic (exact) mass is 445 g/mol. The highest BCUT2D eigenvalue weighted by molar-refractivity contribution is 7.80. The number of aromatic nitrogens is 1. The van der Waals surface area contributed by atoms with Gasteiger partial charge >= 0.3 is 0 Å². The highest BCUT2D eigenvalue weighted by Crippen LogP contribution is 2.31. The van der Waals surface area contributed by atoms with Crippen LogP contribution in [0.25, 0.3) is 22.6 Å². The topological polar surface area (TPSA) is 85.6 Å². The zero-order chi connectivity index (χ0) is 22.1. The number of oxazole rings is 1. The van der Waals surface area contributed by atoms with E-state index in [-0.39, 0.29) is 11.0 Å². The van der Waals surface area contributed by atoms with E-state index in [0.29, 0.717) is 41.9 Å². The number of rotatable bonds is 3. The Balaban J connectivity index is 1.29. The maximum atomic E-state index is 12.6. The van der Waals surface area contributed by atoms with Gasteiger partial charge in [0.1, 0.15) is 18.7 Å². The molecule has 1 amide bonds. The van der Waals surface area contributed by atoms with E-state index in [1.165, 1.54) is 0 Å². The SMILES string of the molecule is Cc1ccc2oc(-c3cccc(NC(=S)NC(=O)c4ccc5c(c4)OCCO5)c3)nc2c1. The van der Waals surface area contributed by atoms with Crippen molar-refractivity contribution in [2.24, 2.45) is 0 Å². The molecule has 4 aromatic rings. The molecule has 5 rings (SSSR count). The number of nitrogens with zero attached hydrogens (tertiary/aromatic N) is 1. The summed E-state index contributed by atoms with van der Waals surface area (Å²) in [4.78, 5) is 17.2. The van der Waals surface area contributed by atoms with Gasteiger partial charge in [0, 0.05) is 16.8 Å². The Bertz CT molecular complexity index is 1350. The predicted octanol–water partition coefficient (Wildman–Crippen LogP) is 4.70. The Morgan fingerprint density at radius 2 is 1.84 bits per heavy atom. The quantitative estimate of drug-likeness (QED) is 0.442. The van der Waals surface area contributed by atoms with Gasteiger partial charge in [-0.1, -0.05) is 12.1 Å². The first-order valence-electron chi connectivity index (χ1n) is 10.0. The van der Waals surface area contributed by atoms with Gasteiger partial charge in [0.2, 0.25) is 5.89 Å². The van der Waals surface area contributed by atoms with Crippen LogP contribution in [0.1, 0.15) is 15.9 Å². The summed E-state index contributed by atoms with van der Waals surface area (Å²) in [5, 5.41) is 5.89. The fraction of sp³-hybridized carbons (Fsp3) is 0.125. The molecule has 8 heteroatoms. The van der Waals surface area contributed by atoms with E-state index >= 15 is 0 Å². The Kier molecular flexibility index (Phi) is 5.20. The van der Waals surface area contributed by atoms with Crippen molar-refractivity contribution in [1.29, 1.82) is 0 Å². The molecule has 0 saturated heterocycles. The van der Waals surface area contributed by atoms with Crippen molar-refractivity contribution in [2.75, 3.05) is 18.5 Å². The molecule has 0 atom stereocenters. The van der Waals surface area contributed by atoms with Crippen molar-refractivity contribution in [1.82, 2.24) is 10.3 Å². The van der Waals surface area contributed by atoms with E-state index in [0.717, 1.165) is 22.2 Å². The number of ether oxygens (including phenoxy) is 2. The van der Waals surface area contributed by atoms with Crippen LogP contribution in [0, 0.1) is 6.92 Å². The van der Waals surface area contributed by atoms with Crippen LogP contribution in [0.4, 0.5) is 5.69 Å². The predicted molar refractivity (Wildman–Crippen MR) is 125 cm³/mol. The molecule has 0 spiro atoms. The number of hydrogen-bond acceptors (Lipinski definition) is 6. The largest absolute Gasteiger partial charge is 0.486 e. The van der Waals surface area contributed by atoms with Crippen LogP contribution in [0.3, 0.4) is 0 Å². The van der Waals surface area contributed by atoms with Crippen LogP contribution in [-0.2, 0) is 0 Å². The number of benzene rings is 3. The van der Waals surface area contributed by atoms with Crippen molar-refractivity contribution in [3.05, 3.63) is 71.8 Å². The van der Waals surface area contributed by atoms with Gasteiger partial charge < -0.3 is 19.2 Å². The van der Waals surface area contributed by atoms with E-state index in [2.05, 4.69) is 15.6 Å². The maximum Gasteiger partial charge on any atom is 0.257 e. The molecule has 0 bridgehead atoms. The number of aryl methyl sites for hydroxylation is 1. The van der Waals surface area contributed by atoms with Gasteiger partial charge in [-0.15, -0.1) is 0 Å². The molecule has 32 heavy (non-hydrogen) atoms. The lowest BCUT2D eigenvalue weighted by atomic mass is 10.2. The van der Waals surface area contributed by atoms with Crippen LogP contribution in [0.15, 0.2) is 65.1 Å². The second kappa shape index (κ2) is 8.32. The van der Waals surface area contributed by atoms with Crippen molar-refractivity contribution >= 4 is 40.0 Å². The smallest absolute Gasteiger partial charge is 0.257 e. The number of thiocarbonyl (C=S) groups is 1. The summed E-state index contributed by atoms with van der Waals surface area (Å²) in [6.45, 7) is 2.96. The lowest BCUT2D eigenvalue weighted by molar-refractivity contribution is 0.0976. The Labute approximate surface area is 189 Å². The molecule has 0 fully saturated rings. The molecule has 0 aliphatic carbocycles. The minimum atomic E-state index is -0.343. The van der Waals surface area contributed by atoms with Gasteiger partial charge in [-0.2, -0.15) is 0 Å². The summed E-state index contributed by atoms with van der Waals surface area (Å²) in [7, 11) is 0. The number of amides is 1. The summed E-state index contributed by atoms with van der Waals surface area (Å²) >= 11 is 5.32. The van der Waals surface area contributed by atoms with Gasteiger partial charge in [0.15, 0.2) is 22.2 Å². The lowest BCUT2D eigenvalue weighted by Gasteiger charge is -2.18. The summed E-state index contributed by atoms with van der Waals surface area (Å²) in [5.74, 6) is 1.34. The molecule has 3 aromatic carbocycles. The van der Waals surface area contributed by atoms with E-state index in [1.54, 1.807) is 18.2 Å². The summed E-state index contributed by atoms with van der Waals surface area (Å²) in [6.07, 6.45) is 0. The van der Waals surface area contributed by atoms with Gasteiger partial charge in [-0.3, -0.25) is 10.1 Å². The Hall–Kier alpha value is -3.91. The average Bonchev–Trinajstić information content (AvgIpc) is 3.22. The molecule has 0 unspecified atom stereocenters. The second-order valence-corrected chi connectivity index (χ2v) is 7.75. The lowest BCUT2D eigenvalue weighted by Crippen LogP contribution is -2.34. The number of anilines is 1. The fourth-order valence-corrected chi connectivity index (χ4v) is 3.62. The minimum Gasteiger partial charge on any atom is -0.486 e. The minimum absolute atomic E-state index is 0.176. The highest BCUT2D eigenvalue weighted by atomic mass is 32.1. The zero-order valence-electron chi connectivity index (χ0n) is 17.2. The van der Waals surface area contributed by atoms with E-state index in [9.17, 15) is 4.79 Å². The van der Waals surface area contributed by atoms with Crippen LogP contribution < -0.4 is 20.1 Å². The number of carbonyl (C=O) groups is 1. The van der Waals surface area contributed by atoms with Crippen molar-refractivity contribution < 1.29 is 18.7 Å². The number of nitrogens with one attached hydrogen (secondary N) is 2. The third-order valence-electron chi connectivity index (χ3n) is 4.94.